The van der Waals surface area contributed by atoms with Crippen molar-refractivity contribution in [2.24, 2.45) is 5.10 Å². The van der Waals surface area contributed by atoms with E-state index >= 15 is 0 Å². The van der Waals surface area contributed by atoms with E-state index in [-0.39, 0.29) is 17.9 Å². The Bertz CT molecular complexity index is 1440. The normalized spacial score (nSPS) is 16.7. The maximum Gasteiger partial charge on any atom is 0.272 e. The number of hydrazone groups is 1. The van der Waals surface area contributed by atoms with Crippen molar-refractivity contribution in [1.82, 2.24) is 15.7 Å². The van der Waals surface area contributed by atoms with E-state index in [0.717, 1.165) is 47.0 Å². The van der Waals surface area contributed by atoms with Gasteiger partial charge < -0.3 is 10.3 Å². The fourth-order valence-corrected chi connectivity index (χ4v) is 4.99. The van der Waals surface area contributed by atoms with Crippen LogP contribution in [0.1, 0.15) is 56.3 Å². The smallest absolute Gasteiger partial charge is 0.272 e. The molecule has 2 heterocycles. The van der Waals surface area contributed by atoms with E-state index in [4.69, 9.17) is 0 Å². The number of aromatic amines is 1. The number of aryl methyl sites for hydroxylation is 1. The van der Waals surface area contributed by atoms with Gasteiger partial charge in [0.25, 0.3) is 11.8 Å². The number of nitrogens with zero attached hydrogens (tertiary/aromatic N) is 1. The van der Waals surface area contributed by atoms with E-state index in [1.807, 2.05) is 48.5 Å². The summed E-state index contributed by atoms with van der Waals surface area (Å²) in [6, 6.07) is 21.6. The number of rotatable bonds is 3. The van der Waals surface area contributed by atoms with Crippen LogP contribution in [0.3, 0.4) is 0 Å². The van der Waals surface area contributed by atoms with E-state index in [1.165, 1.54) is 11.1 Å². The zero-order chi connectivity index (χ0) is 22.4. The quantitative estimate of drug-likeness (QED) is 0.436. The van der Waals surface area contributed by atoms with Gasteiger partial charge in [-0.2, -0.15) is 5.10 Å². The Kier molecular flexibility index (Phi) is 4.57. The van der Waals surface area contributed by atoms with Crippen molar-refractivity contribution in [3.63, 3.8) is 0 Å². The number of aromatic nitrogens is 1. The van der Waals surface area contributed by atoms with Gasteiger partial charge in [0, 0.05) is 22.0 Å². The Morgan fingerprint density at radius 1 is 1.03 bits per heavy atom. The van der Waals surface area contributed by atoms with Crippen molar-refractivity contribution in [2.75, 3.05) is 0 Å². The summed E-state index contributed by atoms with van der Waals surface area (Å²) in [5, 5.41) is 8.06. The summed E-state index contributed by atoms with van der Waals surface area (Å²) in [5.41, 5.74) is 9.33. The Balaban J connectivity index is 1.43. The molecule has 1 unspecified atom stereocenters. The Hall–Kier alpha value is -4.19. The first kappa shape index (κ1) is 19.5. The minimum Gasteiger partial charge on any atom is -0.354 e. The van der Waals surface area contributed by atoms with E-state index in [0.29, 0.717) is 11.1 Å². The maximum atomic E-state index is 13.3. The average molecular weight is 434 g/mol. The van der Waals surface area contributed by atoms with Crippen molar-refractivity contribution in [3.05, 3.63) is 94.5 Å². The molecule has 3 aromatic carbocycles. The number of H-pyrrole nitrogens is 1. The molecule has 0 saturated carbocycles. The molecular weight excluding hydrogens is 412 g/mol. The molecule has 4 aromatic rings. The van der Waals surface area contributed by atoms with E-state index in [2.05, 4.69) is 33.0 Å². The number of nitrogens with one attached hydrogen (secondary N) is 3. The van der Waals surface area contributed by atoms with Crippen LogP contribution in [0.4, 0.5) is 0 Å². The van der Waals surface area contributed by atoms with Gasteiger partial charge >= 0.3 is 0 Å². The highest BCUT2D eigenvalue weighted by molar-refractivity contribution is 6.18. The summed E-state index contributed by atoms with van der Waals surface area (Å²) >= 11 is 0. The van der Waals surface area contributed by atoms with Crippen molar-refractivity contribution in [1.29, 1.82) is 0 Å². The summed E-state index contributed by atoms with van der Waals surface area (Å²) < 4.78 is 0. The van der Waals surface area contributed by atoms with Gasteiger partial charge in [0.2, 0.25) is 0 Å². The fraction of sp³-hybridized carbons (Fsp3) is 0.148. The molecule has 1 aliphatic heterocycles. The van der Waals surface area contributed by atoms with Crippen LogP contribution < -0.4 is 10.7 Å². The molecule has 33 heavy (non-hydrogen) atoms. The van der Waals surface area contributed by atoms with Gasteiger partial charge in [-0.1, -0.05) is 54.6 Å². The van der Waals surface area contributed by atoms with Crippen LogP contribution in [-0.4, -0.2) is 23.0 Å². The molecule has 6 nitrogen and oxygen atoms in total. The van der Waals surface area contributed by atoms with Gasteiger partial charge in [-0.05, 0) is 48.1 Å². The number of benzene rings is 3. The summed E-state index contributed by atoms with van der Waals surface area (Å²) in [6.45, 7) is 0. The molecule has 162 valence electrons. The Labute approximate surface area is 190 Å². The molecule has 2 aliphatic rings. The number of amides is 2. The van der Waals surface area contributed by atoms with Gasteiger partial charge in [-0.15, -0.1) is 0 Å². The predicted octanol–water partition coefficient (Wildman–Crippen LogP) is 4.72. The topological polar surface area (TPSA) is 86.3 Å². The van der Waals surface area contributed by atoms with Crippen LogP contribution in [0.25, 0.3) is 22.2 Å². The minimum atomic E-state index is -0.328. The molecule has 6 heteroatoms. The van der Waals surface area contributed by atoms with E-state index in [1.54, 1.807) is 12.3 Å². The second kappa shape index (κ2) is 7.74. The molecule has 0 saturated heterocycles. The van der Waals surface area contributed by atoms with Crippen LogP contribution in [0.5, 0.6) is 0 Å². The van der Waals surface area contributed by atoms with Gasteiger partial charge in [0.15, 0.2) is 0 Å². The SMILES string of the molecule is O=C(NC1CCCc2ccccc21)c1cc2c3c(c(-c4ccccc4)[nH]c3c1)C=NNC2=O. The molecular formula is C27H22N4O2. The van der Waals surface area contributed by atoms with Crippen LogP contribution in [0.2, 0.25) is 0 Å². The monoisotopic (exact) mass is 434 g/mol. The number of carbonyl (C=O) groups excluding carboxylic acids is 2. The minimum absolute atomic E-state index is 0.0338. The number of hydrogen-bond donors (Lipinski definition) is 3. The summed E-state index contributed by atoms with van der Waals surface area (Å²) in [6.07, 6.45) is 4.63. The van der Waals surface area contributed by atoms with Crippen LogP contribution >= 0.6 is 0 Å². The number of fused-ring (bicyclic) bond motifs is 1. The second-order valence-corrected chi connectivity index (χ2v) is 8.54. The average Bonchev–Trinajstić information content (AvgIpc) is 3.13. The van der Waals surface area contributed by atoms with Gasteiger partial charge in [0.05, 0.1) is 23.5 Å². The fourth-order valence-electron chi connectivity index (χ4n) is 4.99. The van der Waals surface area contributed by atoms with E-state index < -0.39 is 0 Å². The van der Waals surface area contributed by atoms with Crippen molar-refractivity contribution in [3.8, 4) is 11.3 Å². The third-order valence-corrected chi connectivity index (χ3v) is 6.54. The highest BCUT2D eigenvalue weighted by Gasteiger charge is 2.26. The number of hydrogen-bond acceptors (Lipinski definition) is 3. The predicted molar refractivity (Wildman–Crippen MR) is 128 cm³/mol. The first-order valence-electron chi connectivity index (χ1n) is 11.2. The van der Waals surface area contributed by atoms with Gasteiger partial charge in [-0.3, -0.25) is 9.59 Å². The molecule has 1 aliphatic carbocycles. The molecule has 0 spiro atoms. The lowest BCUT2D eigenvalue weighted by Gasteiger charge is -2.26. The standard InChI is InChI=1S/C27H22N4O2/c32-26(30-22-12-6-10-16-7-4-5-11-19(16)22)18-13-20-24-21(15-28-31-27(20)33)25(29-23(24)14-18)17-8-2-1-3-9-17/h1-5,7-9,11,13-15,22,29H,6,10,12H2,(H,30,32)(H,31,33). The highest BCUT2D eigenvalue weighted by atomic mass is 16.2. The van der Waals surface area contributed by atoms with Crippen LogP contribution in [0.15, 0.2) is 71.8 Å². The third-order valence-electron chi connectivity index (χ3n) is 6.54. The molecule has 0 radical (unpaired) electrons. The lowest BCUT2D eigenvalue weighted by Crippen LogP contribution is -2.31. The maximum absolute atomic E-state index is 13.3. The second-order valence-electron chi connectivity index (χ2n) is 8.54. The molecule has 2 amide bonds. The first-order chi connectivity index (χ1) is 16.2. The highest BCUT2D eigenvalue weighted by Crippen LogP contribution is 2.34. The molecule has 1 atom stereocenters. The first-order valence-corrected chi connectivity index (χ1v) is 11.2. The van der Waals surface area contributed by atoms with Crippen molar-refractivity contribution < 1.29 is 9.59 Å². The molecule has 3 N–H and O–H groups in total. The molecule has 0 bridgehead atoms. The molecule has 0 fully saturated rings. The summed E-state index contributed by atoms with van der Waals surface area (Å²) in [5.74, 6) is -0.517. The van der Waals surface area contributed by atoms with Gasteiger partial charge in [0.1, 0.15) is 0 Å². The number of carbonyl (C=O) groups is 2. The van der Waals surface area contributed by atoms with Crippen LogP contribution in [0, 0.1) is 0 Å². The zero-order valence-corrected chi connectivity index (χ0v) is 17.9. The van der Waals surface area contributed by atoms with Crippen molar-refractivity contribution >= 4 is 28.9 Å². The molecule has 1 aromatic heterocycles. The zero-order valence-electron chi connectivity index (χ0n) is 17.9. The van der Waals surface area contributed by atoms with Crippen molar-refractivity contribution in [2.45, 2.75) is 25.3 Å². The van der Waals surface area contributed by atoms with Crippen LogP contribution in [-0.2, 0) is 6.42 Å². The molecule has 6 rings (SSSR count). The largest absolute Gasteiger partial charge is 0.354 e. The lowest BCUT2D eigenvalue weighted by molar-refractivity contribution is 0.0933. The summed E-state index contributed by atoms with van der Waals surface area (Å²) in [7, 11) is 0. The Morgan fingerprint density at radius 2 is 1.85 bits per heavy atom. The van der Waals surface area contributed by atoms with E-state index in [9.17, 15) is 9.59 Å². The Morgan fingerprint density at radius 3 is 2.73 bits per heavy atom. The third kappa shape index (κ3) is 3.31. The lowest BCUT2D eigenvalue weighted by atomic mass is 9.87. The summed E-state index contributed by atoms with van der Waals surface area (Å²) in [4.78, 5) is 29.5. The van der Waals surface area contributed by atoms with Gasteiger partial charge in [-0.25, -0.2) is 5.43 Å².